The lowest BCUT2D eigenvalue weighted by Gasteiger charge is -2.19. The van der Waals surface area contributed by atoms with Crippen molar-refractivity contribution in [1.29, 1.82) is 0 Å². The van der Waals surface area contributed by atoms with E-state index in [4.69, 9.17) is 14.2 Å². The molecule has 1 aliphatic heterocycles. The third kappa shape index (κ3) is 4.10. The normalized spacial score (nSPS) is 13.6. The minimum absolute atomic E-state index is 0.154. The van der Waals surface area contributed by atoms with E-state index >= 15 is 0 Å². The SMILES string of the molecule is Cc1ccc(C(C)C)c(O[C@H](C)C(=O)NCc2ccc3c(c2)OCO3)c1. The van der Waals surface area contributed by atoms with Crippen molar-refractivity contribution in [2.24, 2.45) is 0 Å². The second-order valence-corrected chi connectivity index (χ2v) is 6.86. The van der Waals surface area contributed by atoms with E-state index in [0.29, 0.717) is 18.2 Å². The van der Waals surface area contributed by atoms with Gasteiger partial charge in [0.1, 0.15) is 5.75 Å². The number of nitrogens with one attached hydrogen (secondary N) is 1. The van der Waals surface area contributed by atoms with Gasteiger partial charge in [-0.05, 0) is 54.7 Å². The number of carbonyl (C=O) groups is 1. The predicted molar refractivity (Wildman–Crippen MR) is 99.8 cm³/mol. The summed E-state index contributed by atoms with van der Waals surface area (Å²) in [6.07, 6.45) is -0.580. The highest BCUT2D eigenvalue weighted by Gasteiger charge is 2.18. The van der Waals surface area contributed by atoms with Crippen LogP contribution in [0.4, 0.5) is 0 Å². The van der Waals surface area contributed by atoms with E-state index in [1.807, 2.05) is 31.2 Å². The Kier molecular flexibility index (Phi) is 5.35. The first-order valence-electron chi connectivity index (χ1n) is 8.87. The van der Waals surface area contributed by atoms with Gasteiger partial charge in [0.05, 0.1) is 0 Å². The van der Waals surface area contributed by atoms with Gasteiger partial charge in [-0.3, -0.25) is 4.79 Å². The smallest absolute Gasteiger partial charge is 0.261 e. The van der Waals surface area contributed by atoms with Gasteiger partial charge in [-0.25, -0.2) is 0 Å². The molecule has 0 radical (unpaired) electrons. The molecule has 1 atom stereocenters. The van der Waals surface area contributed by atoms with Crippen molar-refractivity contribution >= 4 is 5.91 Å². The Labute approximate surface area is 154 Å². The van der Waals surface area contributed by atoms with Crippen molar-refractivity contribution in [3.05, 3.63) is 53.1 Å². The maximum atomic E-state index is 12.4. The summed E-state index contributed by atoms with van der Waals surface area (Å²) in [5.74, 6) is 2.39. The van der Waals surface area contributed by atoms with E-state index in [-0.39, 0.29) is 12.7 Å². The van der Waals surface area contributed by atoms with Gasteiger partial charge < -0.3 is 19.5 Å². The fourth-order valence-electron chi connectivity index (χ4n) is 2.85. The first-order chi connectivity index (χ1) is 12.4. The molecule has 0 unspecified atom stereocenters. The first-order valence-corrected chi connectivity index (χ1v) is 8.87. The van der Waals surface area contributed by atoms with Gasteiger partial charge in [-0.2, -0.15) is 0 Å². The van der Waals surface area contributed by atoms with Crippen LogP contribution in [0.3, 0.4) is 0 Å². The maximum absolute atomic E-state index is 12.4. The predicted octanol–water partition coefficient (Wildman–Crippen LogP) is 3.93. The molecule has 1 N–H and O–H groups in total. The van der Waals surface area contributed by atoms with Crippen LogP contribution in [0.1, 0.15) is 43.4 Å². The molecule has 0 spiro atoms. The summed E-state index contributed by atoms with van der Waals surface area (Å²) >= 11 is 0. The van der Waals surface area contributed by atoms with Gasteiger partial charge in [0.15, 0.2) is 17.6 Å². The first kappa shape index (κ1) is 18.1. The van der Waals surface area contributed by atoms with Crippen LogP contribution in [0.5, 0.6) is 17.2 Å². The van der Waals surface area contributed by atoms with Crippen LogP contribution in [0.15, 0.2) is 36.4 Å². The number of benzene rings is 2. The molecule has 5 nitrogen and oxygen atoms in total. The third-order valence-electron chi connectivity index (χ3n) is 4.37. The third-order valence-corrected chi connectivity index (χ3v) is 4.37. The van der Waals surface area contributed by atoms with Crippen LogP contribution >= 0.6 is 0 Å². The largest absolute Gasteiger partial charge is 0.481 e. The Morgan fingerprint density at radius 1 is 1.12 bits per heavy atom. The van der Waals surface area contributed by atoms with Crippen molar-refractivity contribution < 1.29 is 19.0 Å². The Morgan fingerprint density at radius 2 is 1.88 bits per heavy atom. The topological polar surface area (TPSA) is 56.8 Å². The highest BCUT2D eigenvalue weighted by atomic mass is 16.7. The summed E-state index contributed by atoms with van der Waals surface area (Å²) in [6.45, 7) is 8.66. The molecule has 0 aromatic heterocycles. The Bertz CT molecular complexity index is 801. The summed E-state index contributed by atoms with van der Waals surface area (Å²) in [6, 6.07) is 11.8. The van der Waals surface area contributed by atoms with Crippen LogP contribution in [0.2, 0.25) is 0 Å². The van der Waals surface area contributed by atoms with Gasteiger partial charge >= 0.3 is 0 Å². The Morgan fingerprint density at radius 3 is 2.65 bits per heavy atom. The molecular formula is C21H25NO4. The van der Waals surface area contributed by atoms with E-state index < -0.39 is 6.10 Å². The molecule has 0 saturated carbocycles. The number of amides is 1. The number of aryl methyl sites for hydroxylation is 1. The average molecular weight is 355 g/mol. The molecular weight excluding hydrogens is 330 g/mol. The molecule has 26 heavy (non-hydrogen) atoms. The fourth-order valence-corrected chi connectivity index (χ4v) is 2.85. The van der Waals surface area contributed by atoms with Crippen molar-refractivity contribution in [2.45, 2.75) is 46.3 Å². The second kappa shape index (κ2) is 7.68. The Hall–Kier alpha value is -2.69. The van der Waals surface area contributed by atoms with E-state index in [1.54, 1.807) is 6.92 Å². The van der Waals surface area contributed by atoms with E-state index in [1.165, 1.54) is 0 Å². The minimum atomic E-state index is -0.580. The number of hydrogen-bond acceptors (Lipinski definition) is 4. The summed E-state index contributed by atoms with van der Waals surface area (Å²) in [5, 5.41) is 2.91. The number of fused-ring (bicyclic) bond motifs is 1. The maximum Gasteiger partial charge on any atom is 0.261 e. The standard InChI is InChI=1S/C21H25NO4/c1-13(2)17-7-5-14(3)9-19(17)26-15(4)21(23)22-11-16-6-8-18-20(10-16)25-12-24-18/h5-10,13,15H,11-12H2,1-4H3,(H,22,23)/t15-/m1/s1. The number of ether oxygens (including phenoxy) is 3. The molecule has 0 aliphatic carbocycles. The van der Waals surface area contributed by atoms with Crippen LogP contribution in [-0.4, -0.2) is 18.8 Å². The fraction of sp³-hybridized carbons (Fsp3) is 0.381. The summed E-state index contributed by atoms with van der Waals surface area (Å²) in [5.41, 5.74) is 3.16. The number of rotatable bonds is 6. The molecule has 138 valence electrons. The van der Waals surface area contributed by atoms with E-state index in [9.17, 15) is 4.79 Å². The molecule has 1 heterocycles. The van der Waals surface area contributed by atoms with Crippen molar-refractivity contribution in [1.82, 2.24) is 5.32 Å². The lowest BCUT2D eigenvalue weighted by atomic mass is 10.0. The van der Waals surface area contributed by atoms with Gasteiger partial charge in [-0.1, -0.05) is 32.0 Å². The molecule has 2 aromatic rings. The molecule has 0 fully saturated rings. The molecule has 0 saturated heterocycles. The van der Waals surface area contributed by atoms with Gasteiger partial charge in [0.25, 0.3) is 5.91 Å². The van der Waals surface area contributed by atoms with Crippen molar-refractivity contribution in [3.63, 3.8) is 0 Å². The van der Waals surface area contributed by atoms with Crippen LogP contribution < -0.4 is 19.5 Å². The number of hydrogen-bond donors (Lipinski definition) is 1. The van der Waals surface area contributed by atoms with Gasteiger partial charge in [0, 0.05) is 6.54 Å². The van der Waals surface area contributed by atoms with Crippen LogP contribution in [0.25, 0.3) is 0 Å². The summed E-state index contributed by atoms with van der Waals surface area (Å²) < 4.78 is 16.6. The lowest BCUT2D eigenvalue weighted by molar-refractivity contribution is -0.127. The molecule has 5 heteroatoms. The molecule has 1 amide bonds. The zero-order valence-electron chi connectivity index (χ0n) is 15.7. The zero-order valence-corrected chi connectivity index (χ0v) is 15.7. The lowest BCUT2D eigenvalue weighted by Crippen LogP contribution is -2.36. The minimum Gasteiger partial charge on any atom is -0.481 e. The average Bonchev–Trinajstić information content (AvgIpc) is 3.07. The van der Waals surface area contributed by atoms with Crippen LogP contribution in [0, 0.1) is 6.92 Å². The van der Waals surface area contributed by atoms with Gasteiger partial charge in [0.2, 0.25) is 6.79 Å². The molecule has 2 aromatic carbocycles. The highest BCUT2D eigenvalue weighted by Crippen LogP contribution is 2.32. The second-order valence-electron chi connectivity index (χ2n) is 6.86. The highest BCUT2D eigenvalue weighted by molar-refractivity contribution is 5.80. The summed E-state index contributed by atoms with van der Waals surface area (Å²) in [4.78, 5) is 12.4. The summed E-state index contributed by atoms with van der Waals surface area (Å²) in [7, 11) is 0. The Balaban J connectivity index is 1.61. The van der Waals surface area contributed by atoms with E-state index in [2.05, 4.69) is 31.3 Å². The number of carbonyl (C=O) groups excluding carboxylic acids is 1. The molecule has 1 aliphatic rings. The monoisotopic (exact) mass is 355 g/mol. The molecule has 3 rings (SSSR count). The zero-order chi connectivity index (χ0) is 18.7. The van der Waals surface area contributed by atoms with Gasteiger partial charge in [-0.15, -0.1) is 0 Å². The van der Waals surface area contributed by atoms with E-state index in [0.717, 1.165) is 28.2 Å². The quantitative estimate of drug-likeness (QED) is 0.853. The molecule has 0 bridgehead atoms. The van der Waals surface area contributed by atoms with Crippen LogP contribution in [-0.2, 0) is 11.3 Å². The van der Waals surface area contributed by atoms with Crippen molar-refractivity contribution in [2.75, 3.05) is 6.79 Å². The van der Waals surface area contributed by atoms with Crippen molar-refractivity contribution in [3.8, 4) is 17.2 Å².